The molecule has 0 radical (unpaired) electrons. The number of nitrogens with zero attached hydrogens (tertiary/aromatic N) is 2. The molecular formula is C22H27N3O2. The summed E-state index contributed by atoms with van der Waals surface area (Å²) in [4.78, 5) is 31.2. The van der Waals surface area contributed by atoms with Crippen molar-refractivity contribution < 1.29 is 9.59 Å². The number of amides is 2. The van der Waals surface area contributed by atoms with Crippen LogP contribution >= 0.6 is 0 Å². The molecule has 0 saturated carbocycles. The molecule has 0 aliphatic carbocycles. The zero-order valence-corrected chi connectivity index (χ0v) is 15.9. The van der Waals surface area contributed by atoms with Crippen molar-refractivity contribution in [3.63, 3.8) is 0 Å². The van der Waals surface area contributed by atoms with Crippen LogP contribution in [-0.2, 0) is 9.59 Å². The molecule has 27 heavy (non-hydrogen) atoms. The highest BCUT2D eigenvalue weighted by atomic mass is 16.2. The van der Waals surface area contributed by atoms with E-state index < -0.39 is 0 Å². The number of rotatable bonds is 5. The van der Waals surface area contributed by atoms with Gasteiger partial charge in [0, 0.05) is 19.2 Å². The van der Waals surface area contributed by atoms with Gasteiger partial charge in [-0.1, -0.05) is 48.7 Å². The third kappa shape index (κ3) is 5.39. The van der Waals surface area contributed by atoms with E-state index in [1.54, 1.807) is 11.1 Å². The molecule has 2 aromatic rings. The van der Waals surface area contributed by atoms with Gasteiger partial charge < -0.3 is 10.2 Å². The first kappa shape index (κ1) is 19.1. The maximum atomic E-state index is 12.7. The van der Waals surface area contributed by atoms with Gasteiger partial charge in [-0.05, 0) is 37.5 Å². The van der Waals surface area contributed by atoms with Crippen molar-refractivity contribution in [2.45, 2.75) is 45.1 Å². The van der Waals surface area contributed by atoms with E-state index in [0.717, 1.165) is 42.5 Å². The molecule has 2 amide bonds. The number of carbonyl (C=O) groups excluding carboxylic acids is 2. The van der Waals surface area contributed by atoms with Crippen LogP contribution in [0.2, 0.25) is 0 Å². The zero-order valence-electron chi connectivity index (χ0n) is 15.9. The maximum Gasteiger partial charge on any atom is 0.240 e. The van der Waals surface area contributed by atoms with Crippen LogP contribution in [0.3, 0.4) is 0 Å². The highest BCUT2D eigenvalue weighted by Crippen LogP contribution is 2.21. The van der Waals surface area contributed by atoms with Crippen LogP contribution in [0.15, 0.2) is 48.7 Å². The average molecular weight is 365 g/mol. The summed E-state index contributed by atoms with van der Waals surface area (Å²) in [6.07, 6.45) is 6.35. The number of aryl methyl sites for hydroxylation is 1. The molecule has 1 unspecified atom stereocenters. The van der Waals surface area contributed by atoms with E-state index in [4.69, 9.17) is 0 Å². The minimum Gasteiger partial charge on any atom is -0.342 e. The predicted molar refractivity (Wildman–Crippen MR) is 105 cm³/mol. The average Bonchev–Trinajstić information content (AvgIpc) is 2.67. The van der Waals surface area contributed by atoms with E-state index >= 15 is 0 Å². The van der Waals surface area contributed by atoms with Crippen LogP contribution in [0.4, 0.5) is 0 Å². The van der Waals surface area contributed by atoms with Crippen LogP contribution in [0.5, 0.6) is 0 Å². The summed E-state index contributed by atoms with van der Waals surface area (Å²) in [5.74, 6) is -0.0743. The van der Waals surface area contributed by atoms with Crippen molar-refractivity contribution in [1.82, 2.24) is 15.2 Å². The van der Waals surface area contributed by atoms with Crippen molar-refractivity contribution >= 4 is 11.8 Å². The molecule has 1 atom stereocenters. The number of hydrogen-bond acceptors (Lipinski definition) is 3. The summed E-state index contributed by atoms with van der Waals surface area (Å²) >= 11 is 0. The fourth-order valence-corrected chi connectivity index (χ4v) is 3.40. The van der Waals surface area contributed by atoms with Crippen molar-refractivity contribution in [3.8, 4) is 0 Å². The third-order valence-electron chi connectivity index (χ3n) is 4.96. The Labute approximate surface area is 160 Å². The summed E-state index contributed by atoms with van der Waals surface area (Å²) in [7, 11) is 0. The molecule has 1 aromatic heterocycles. The lowest BCUT2D eigenvalue weighted by atomic mass is 10.0. The van der Waals surface area contributed by atoms with E-state index in [-0.39, 0.29) is 24.4 Å². The Kier molecular flexibility index (Phi) is 6.58. The monoisotopic (exact) mass is 365 g/mol. The SMILES string of the molecule is Cc1ccc(C(NC(=O)CN2CCCCCCC2=O)c2ccccn2)cc1. The lowest BCUT2D eigenvalue weighted by Crippen LogP contribution is -2.43. The quantitative estimate of drug-likeness (QED) is 0.883. The minimum atomic E-state index is -0.329. The molecule has 1 aliphatic rings. The van der Waals surface area contributed by atoms with Gasteiger partial charge in [-0.3, -0.25) is 14.6 Å². The van der Waals surface area contributed by atoms with Crippen molar-refractivity contribution in [1.29, 1.82) is 0 Å². The Bertz CT molecular complexity index is 759. The lowest BCUT2D eigenvalue weighted by Gasteiger charge is -2.26. The van der Waals surface area contributed by atoms with Gasteiger partial charge in [0.1, 0.15) is 0 Å². The maximum absolute atomic E-state index is 12.7. The molecule has 3 rings (SSSR count). The van der Waals surface area contributed by atoms with Crippen LogP contribution in [-0.4, -0.2) is 34.8 Å². The van der Waals surface area contributed by atoms with Crippen molar-refractivity contribution in [2.24, 2.45) is 0 Å². The summed E-state index contributed by atoms with van der Waals surface area (Å²) in [6.45, 7) is 2.80. The van der Waals surface area contributed by atoms with Gasteiger partial charge in [0.25, 0.3) is 0 Å². The summed E-state index contributed by atoms with van der Waals surface area (Å²) < 4.78 is 0. The van der Waals surface area contributed by atoms with E-state index in [1.165, 1.54) is 0 Å². The van der Waals surface area contributed by atoms with Gasteiger partial charge in [0.05, 0.1) is 18.3 Å². The first-order valence-corrected chi connectivity index (χ1v) is 9.68. The van der Waals surface area contributed by atoms with Crippen LogP contribution in [0, 0.1) is 6.92 Å². The van der Waals surface area contributed by atoms with Gasteiger partial charge in [-0.2, -0.15) is 0 Å². The fourth-order valence-electron chi connectivity index (χ4n) is 3.40. The standard InChI is InChI=1S/C22H27N3O2/c1-17-10-12-18(13-11-17)22(19-8-5-6-14-23-19)24-20(26)16-25-15-7-3-2-4-9-21(25)27/h5-6,8,10-14,22H,2-4,7,9,15-16H2,1H3,(H,24,26). The molecule has 2 heterocycles. The molecule has 142 valence electrons. The Morgan fingerprint density at radius 3 is 2.63 bits per heavy atom. The summed E-state index contributed by atoms with van der Waals surface area (Å²) in [6, 6.07) is 13.4. The molecule has 5 nitrogen and oxygen atoms in total. The van der Waals surface area contributed by atoms with Gasteiger partial charge in [0.15, 0.2) is 0 Å². The number of pyridine rings is 1. The molecule has 1 saturated heterocycles. The number of carbonyl (C=O) groups is 2. The van der Waals surface area contributed by atoms with Crippen molar-refractivity contribution in [3.05, 3.63) is 65.5 Å². The molecule has 1 N–H and O–H groups in total. The highest BCUT2D eigenvalue weighted by molar-refractivity contribution is 5.85. The Hall–Kier alpha value is -2.69. The Morgan fingerprint density at radius 1 is 1.11 bits per heavy atom. The molecule has 1 aromatic carbocycles. The van der Waals surface area contributed by atoms with E-state index in [2.05, 4.69) is 10.3 Å². The molecule has 1 fully saturated rings. The van der Waals surface area contributed by atoms with Crippen molar-refractivity contribution in [2.75, 3.05) is 13.1 Å². The predicted octanol–water partition coefficient (Wildman–Crippen LogP) is 3.39. The number of nitrogens with one attached hydrogen (secondary N) is 1. The van der Waals surface area contributed by atoms with Gasteiger partial charge >= 0.3 is 0 Å². The molecule has 5 heteroatoms. The normalized spacial score (nSPS) is 16.3. The summed E-state index contributed by atoms with van der Waals surface area (Å²) in [5, 5.41) is 3.08. The van der Waals surface area contributed by atoms with Gasteiger partial charge in [-0.25, -0.2) is 0 Å². The summed E-state index contributed by atoms with van der Waals surface area (Å²) in [5.41, 5.74) is 2.93. The first-order valence-electron chi connectivity index (χ1n) is 9.68. The second-order valence-electron chi connectivity index (χ2n) is 7.15. The largest absolute Gasteiger partial charge is 0.342 e. The van der Waals surface area contributed by atoms with Gasteiger partial charge in [-0.15, -0.1) is 0 Å². The van der Waals surface area contributed by atoms with Crippen LogP contribution < -0.4 is 5.32 Å². The Balaban J connectivity index is 1.74. The van der Waals surface area contributed by atoms with E-state index in [1.807, 2.05) is 49.4 Å². The molecule has 0 spiro atoms. The van der Waals surface area contributed by atoms with E-state index in [9.17, 15) is 9.59 Å². The van der Waals surface area contributed by atoms with Crippen LogP contribution in [0.25, 0.3) is 0 Å². The number of benzene rings is 1. The topological polar surface area (TPSA) is 62.3 Å². The third-order valence-corrected chi connectivity index (χ3v) is 4.96. The minimum absolute atomic E-state index is 0.0783. The number of aromatic nitrogens is 1. The second-order valence-corrected chi connectivity index (χ2v) is 7.15. The van der Waals surface area contributed by atoms with Crippen LogP contribution in [0.1, 0.15) is 55.0 Å². The molecular weight excluding hydrogens is 338 g/mol. The molecule has 1 aliphatic heterocycles. The first-order chi connectivity index (χ1) is 13.1. The van der Waals surface area contributed by atoms with Gasteiger partial charge in [0.2, 0.25) is 11.8 Å². The highest BCUT2D eigenvalue weighted by Gasteiger charge is 2.22. The van der Waals surface area contributed by atoms with E-state index in [0.29, 0.717) is 13.0 Å². The second kappa shape index (κ2) is 9.31. The fraction of sp³-hybridized carbons (Fsp3) is 0.409. The zero-order chi connectivity index (χ0) is 19.1. The number of hydrogen-bond donors (Lipinski definition) is 1. The smallest absolute Gasteiger partial charge is 0.240 e. The molecule has 0 bridgehead atoms. The lowest BCUT2D eigenvalue weighted by molar-refractivity contribution is -0.136. The Morgan fingerprint density at radius 2 is 1.89 bits per heavy atom. The number of likely N-dealkylation sites (tertiary alicyclic amines) is 1.